The molecule has 2 N–H and O–H groups in total. The summed E-state index contributed by atoms with van der Waals surface area (Å²) in [6.07, 6.45) is 6.40. The molecule has 1 aliphatic rings. The van der Waals surface area contributed by atoms with Crippen LogP contribution in [0.3, 0.4) is 0 Å². The van der Waals surface area contributed by atoms with Crippen molar-refractivity contribution in [1.29, 1.82) is 0 Å². The largest absolute Gasteiger partial charge is 0.493 e. The Morgan fingerprint density at radius 2 is 1.77 bits per heavy atom. The lowest BCUT2D eigenvalue weighted by Crippen LogP contribution is -2.75. The van der Waals surface area contributed by atoms with Gasteiger partial charge in [-0.1, -0.05) is 5.10 Å². The third-order valence-corrected chi connectivity index (χ3v) is 3.54. The van der Waals surface area contributed by atoms with Gasteiger partial charge < -0.3 is 14.2 Å². The Morgan fingerprint density at radius 3 is 2.41 bits per heavy atom. The maximum absolute atomic E-state index is 5.33. The molecule has 0 saturated heterocycles. The van der Waals surface area contributed by atoms with E-state index in [9.17, 15) is 0 Å². The van der Waals surface area contributed by atoms with E-state index in [0.717, 1.165) is 24.4 Å². The average molecular weight is 306 g/mol. The summed E-state index contributed by atoms with van der Waals surface area (Å²) in [6.45, 7) is 1.00. The zero-order valence-corrected chi connectivity index (χ0v) is 13.4. The normalized spacial score (nSPS) is 15.1. The van der Waals surface area contributed by atoms with Crippen LogP contribution in [0.4, 0.5) is 0 Å². The van der Waals surface area contributed by atoms with E-state index in [1.54, 1.807) is 27.5 Å². The zero-order valence-electron chi connectivity index (χ0n) is 13.4. The van der Waals surface area contributed by atoms with Gasteiger partial charge in [0.05, 0.1) is 40.5 Å². The van der Waals surface area contributed by atoms with Crippen molar-refractivity contribution < 1.29 is 19.2 Å². The quantitative estimate of drug-likeness (QED) is 0.620. The van der Waals surface area contributed by atoms with E-state index in [1.807, 2.05) is 12.1 Å². The van der Waals surface area contributed by atoms with Crippen LogP contribution in [0.15, 0.2) is 17.2 Å². The summed E-state index contributed by atoms with van der Waals surface area (Å²) < 4.78 is 16.0. The molecule has 1 heterocycles. The second kappa shape index (κ2) is 8.26. The summed E-state index contributed by atoms with van der Waals surface area (Å²) in [7, 11) is 4.79. The van der Waals surface area contributed by atoms with Crippen LogP contribution in [0.5, 0.6) is 17.2 Å². The highest BCUT2D eigenvalue weighted by Crippen LogP contribution is 2.37. The van der Waals surface area contributed by atoms with Gasteiger partial charge >= 0.3 is 0 Å². The molecule has 120 valence electrons. The number of amidine groups is 1. The molecule has 0 atom stereocenters. The number of ether oxygens (including phenoxy) is 3. The standard InChI is InChI=1S/C16H23N3O3/c1-20-13-9-12(10-14(21-2)16(13)22-3)11-18-19-15-7-5-4-6-8-17-15/h9-11H,4-8H2,1-3H3,(H,17,19)/p+1/b18-11+. The van der Waals surface area contributed by atoms with Gasteiger partial charge in [-0.05, 0) is 31.4 Å². The van der Waals surface area contributed by atoms with Crippen LogP contribution in [0, 0.1) is 0 Å². The minimum absolute atomic E-state index is 0.579. The van der Waals surface area contributed by atoms with Crippen LogP contribution >= 0.6 is 0 Å². The lowest BCUT2D eigenvalue weighted by atomic mass is 10.2. The molecular formula is C16H24N3O3+. The Labute approximate surface area is 131 Å². The summed E-state index contributed by atoms with van der Waals surface area (Å²) in [5.41, 5.74) is 3.95. The molecule has 6 heteroatoms. The second-order valence-corrected chi connectivity index (χ2v) is 5.04. The van der Waals surface area contributed by atoms with E-state index in [1.165, 1.54) is 19.3 Å². The molecule has 0 bridgehead atoms. The molecule has 0 unspecified atom stereocenters. The highest BCUT2D eigenvalue weighted by Gasteiger charge is 2.13. The fourth-order valence-corrected chi connectivity index (χ4v) is 2.39. The number of nitrogens with zero attached hydrogens (tertiary/aromatic N) is 1. The maximum Gasteiger partial charge on any atom is 0.267 e. The van der Waals surface area contributed by atoms with E-state index >= 15 is 0 Å². The Bertz CT molecular complexity index is 531. The molecule has 0 aromatic heterocycles. The Kier molecular flexibility index (Phi) is 6.06. The summed E-state index contributed by atoms with van der Waals surface area (Å²) in [4.78, 5) is 3.35. The first-order valence-electron chi connectivity index (χ1n) is 7.47. The van der Waals surface area contributed by atoms with Gasteiger partial charge in [-0.3, -0.25) is 4.99 Å². The molecule has 0 fully saturated rings. The van der Waals surface area contributed by atoms with Crippen molar-refractivity contribution in [2.24, 2.45) is 5.10 Å². The fraction of sp³-hybridized carbons (Fsp3) is 0.500. The minimum atomic E-state index is 0.579. The van der Waals surface area contributed by atoms with Gasteiger partial charge in [0, 0.05) is 5.56 Å². The summed E-state index contributed by atoms with van der Waals surface area (Å²) in [5.74, 6) is 2.88. The van der Waals surface area contributed by atoms with Crippen LogP contribution < -0.4 is 24.6 Å². The number of hydrogen-bond acceptors (Lipinski definition) is 5. The van der Waals surface area contributed by atoms with Gasteiger partial charge in [0.1, 0.15) is 0 Å². The smallest absolute Gasteiger partial charge is 0.267 e. The fourth-order valence-electron chi connectivity index (χ4n) is 2.39. The number of hydrazone groups is 1. The zero-order chi connectivity index (χ0) is 15.8. The van der Waals surface area contributed by atoms with Gasteiger partial charge in [0.15, 0.2) is 11.5 Å². The maximum atomic E-state index is 5.33. The Balaban J connectivity index is 2.11. The number of nitrogens with one attached hydrogen (secondary N) is 2. The Morgan fingerprint density at radius 1 is 1.05 bits per heavy atom. The van der Waals surface area contributed by atoms with E-state index in [4.69, 9.17) is 14.2 Å². The van der Waals surface area contributed by atoms with E-state index in [-0.39, 0.29) is 0 Å². The monoisotopic (exact) mass is 306 g/mol. The highest BCUT2D eigenvalue weighted by atomic mass is 16.5. The lowest BCUT2D eigenvalue weighted by Gasteiger charge is -2.12. The predicted octanol–water partition coefficient (Wildman–Crippen LogP) is 0.689. The van der Waals surface area contributed by atoms with Crippen molar-refractivity contribution in [3.05, 3.63) is 17.7 Å². The van der Waals surface area contributed by atoms with Gasteiger partial charge in [-0.15, -0.1) is 0 Å². The van der Waals surface area contributed by atoms with Crippen molar-refractivity contribution in [2.75, 3.05) is 27.9 Å². The van der Waals surface area contributed by atoms with Gasteiger partial charge in [0.25, 0.3) is 5.84 Å². The summed E-state index contributed by atoms with van der Waals surface area (Å²) >= 11 is 0. The average Bonchev–Trinajstić information content (AvgIpc) is 2.82. The SMILES string of the molecule is COc1cc(/C=N/NC2=[NH+]CCCCC2)cc(OC)c1OC. The number of rotatable bonds is 5. The van der Waals surface area contributed by atoms with Crippen molar-refractivity contribution in [1.82, 2.24) is 5.43 Å². The molecule has 2 rings (SSSR count). The molecule has 22 heavy (non-hydrogen) atoms. The first kappa shape index (κ1) is 16.1. The Hall–Kier alpha value is -2.24. The molecule has 0 aliphatic carbocycles. The van der Waals surface area contributed by atoms with E-state index in [0.29, 0.717) is 17.2 Å². The molecule has 1 aromatic carbocycles. The van der Waals surface area contributed by atoms with Gasteiger partial charge in [0.2, 0.25) is 5.75 Å². The van der Waals surface area contributed by atoms with Crippen LogP contribution in [0.1, 0.15) is 31.2 Å². The van der Waals surface area contributed by atoms with Crippen molar-refractivity contribution in [3.63, 3.8) is 0 Å². The molecule has 0 saturated carbocycles. The first-order valence-corrected chi connectivity index (χ1v) is 7.47. The molecule has 1 aromatic rings. The number of hydrogen-bond donors (Lipinski definition) is 2. The van der Waals surface area contributed by atoms with Crippen molar-refractivity contribution in [2.45, 2.75) is 25.7 Å². The molecule has 0 spiro atoms. The minimum Gasteiger partial charge on any atom is -0.493 e. The molecule has 6 nitrogen and oxygen atoms in total. The number of methoxy groups -OCH3 is 3. The number of benzene rings is 1. The molecule has 0 radical (unpaired) electrons. The third-order valence-electron chi connectivity index (χ3n) is 3.54. The summed E-state index contributed by atoms with van der Waals surface area (Å²) in [6, 6.07) is 3.72. The third kappa shape index (κ3) is 4.13. The second-order valence-electron chi connectivity index (χ2n) is 5.04. The van der Waals surface area contributed by atoms with Crippen LogP contribution in [-0.4, -0.2) is 39.9 Å². The van der Waals surface area contributed by atoms with Crippen LogP contribution in [0.2, 0.25) is 0 Å². The van der Waals surface area contributed by atoms with Crippen molar-refractivity contribution >= 4 is 12.1 Å². The molecular weight excluding hydrogens is 282 g/mol. The highest BCUT2D eigenvalue weighted by molar-refractivity contribution is 5.84. The van der Waals surface area contributed by atoms with Crippen LogP contribution in [0.25, 0.3) is 0 Å². The molecule has 1 aliphatic heterocycles. The summed E-state index contributed by atoms with van der Waals surface area (Å²) in [5, 5.41) is 4.29. The van der Waals surface area contributed by atoms with Crippen LogP contribution in [-0.2, 0) is 0 Å². The van der Waals surface area contributed by atoms with E-state index in [2.05, 4.69) is 15.5 Å². The predicted molar refractivity (Wildman–Crippen MR) is 86.1 cm³/mol. The van der Waals surface area contributed by atoms with E-state index < -0.39 is 0 Å². The topological polar surface area (TPSA) is 66.0 Å². The lowest BCUT2D eigenvalue weighted by molar-refractivity contribution is -0.459. The van der Waals surface area contributed by atoms with Crippen molar-refractivity contribution in [3.8, 4) is 17.2 Å². The molecule has 0 amide bonds. The van der Waals surface area contributed by atoms with Gasteiger partial charge in [-0.25, -0.2) is 0 Å². The first-order chi connectivity index (χ1) is 10.8. The van der Waals surface area contributed by atoms with Gasteiger partial charge in [-0.2, -0.15) is 5.43 Å².